The van der Waals surface area contributed by atoms with E-state index in [2.05, 4.69) is 235 Å². The van der Waals surface area contributed by atoms with Gasteiger partial charge in [-0.25, -0.2) is 4.98 Å². The fraction of sp³-hybridized carbons (Fsp3) is 0.0161. The van der Waals surface area contributed by atoms with Gasteiger partial charge in [0.25, 0.3) is 0 Å². The van der Waals surface area contributed by atoms with Crippen LogP contribution < -0.4 is 0 Å². The number of hydrogen-bond acceptors (Lipinski definition) is 2. The first kappa shape index (κ1) is 36.4. The summed E-state index contributed by atoms with van der Waals surface area (Å²) in [5.41, 5.74) is 17.7. The first-order valence-corrected chi connectivity index (χ1v) is 23.2. The van der Waals surface area contributed by atoms with E-state index in [0.29, 0.717) is 0 Å². The number of hydrogen-bond donors (Lipinski definition) is 0. The minimum absolute atomic E-state index is 0.427. The van der Waals surface area contributed by atoms with Crippen LogP contribution in [0.4, 0.5) is 0 Å². The monoisotopic (exact) mass is 842 g/mol. The second-order valence-corrected chi connectivity index (χ2v) is 18.4. The fourth-order valence-corrected chi connectivity index (χ4v) is 12.5. The van der Waals surface area contributed by atoms with Crippen LogP contribution in [0.5, 0.6) is 0 Å². The highest BCUT2D eigenvalue weighted by atomic mass is 32.1. The maximum Gasteiger partial charge on any atom is 0.156 e. The number of imidazole rings is 1. The smallest absolute Gasteiger partial charge is 0.156 e. The number of benzene rings is 10. The van der Waals surface area contributed by atoms with Gasteiger partial charge in [-0.2, -0.15) is 0 Å². The van der Waals surface area contributed by atoms with Crippen LogP contribution >= 0.6 is 11.3 Å². The van der Waals surface area contributed by atoms with Crippen molar-refractivity contribution in [1.82, 2.24) is 9.38 Å². The third-order valence-corrected chi connectivity index (χ3v) is 15.3. The molecule has 2 nitrogen and oxygen atoms in total. The van der Waals surface area contributed by atoms with Crippen molar-refractivity contribution in [2.24, 2.45) is 0 Å². The van der Waals surface area contributed by atoms with E-state index in [0.717, 1.165) is 27.9 Å². The zero-order valence-corrected chi connectivity index (χ0v) is 36.1. The first-order valence-electron chi connectivity index (χ1n) is 22.4. The number of fused-ring (bicyclic) bond motifs is 14. The van der Waals surface area contributed by atoms with E-state index in [-0.39, 0.29) is 0 Å². The molecule has 1 aliphatic rings. The molecule has 0 bridgehead atoms. The highest BCUT2D eigenvalue weighted by Gasteiger charge is 2.46. The summed E-state index contributed by atoms with van der Waals surface area (Å²) >= 11 is 1.86. The van der Waals surface area contributed by atoms with Crippen molar-refractivity contribution in [3.63, 3.8) is 0 Å². The van der Waals surface area contributed by atoms with E-state index >= 15 is 0 Å². The first-order chi connectivity index (χ1) is 32.2. The lowest BCUT2D eigenvalue weighted by atomic mass is 9.67. The number of pyridine rings is 1. The zero-order chi connectivity index (χ0) is 42.6. The molecule has 13 aromatic rings. The van der Waals surface area contributed by atoms with Gasteiger partial charge in [-0.15, -0.1) is 11.3 Å². The highest BCUT2D eigenvalue weighted by molar-refractivity contribution is 7.27. The van der Waals surface area contributed by atoms with Crippen LogP contribution in [-0.4, -0.2) is 9.38 Å². The Morgan fingerprint density at radius 1 is 0.385 bits per heavy atom. The minimum Gasteiger partial charge on any atom is -0.291 e. The van der Waals surface area contributed by atoms with Crippen LogP contribution in [0.15, 0.2) is 231 Å². The molecule has 0 aliphatic heterocycles. The molecular formula is C62H38N2S. The number of nitrogens with zero attached hydrogens (tertiary/aromatic N) is 2. The number of rotatable bonds is 5. The summed E-state index contributed by atoms with van der Waals surface area (Å²) in [5.74, 6) is 0. The molecule has 0 spiro atoms. The van der Waals surface area contributed by atoms with Gasteiger partial charge in [-0.3, -0.25) is 4.40 Å². The summed E-state index contributed by atoms with van der Waals surface area (Å²) in [5, 5.41) is 7.45. The van der Waals surface area contributed by atoms with Crippen molar-refractivity contribution in [3.8, 4) is 44.6 Å². The van der Waals surface area contributed by atoms with E-state index in [9.17, 15) is 0 Å². The summed E-state index contributed by atoms with van der Waals surface area (Å²) in [7, 11) is 0. The average Bonchev–Trinajstić information content (AvgIpc) is 4.06. The predicted octanol–water partition coefficient (Wildman–Crippen LogP) is 16.5. The van der Waals surface area contributed by atoms with Gasteiger partial charge in [0.05, 0.1) is 26.8 Å². The molecule has 0 saturated carbocycles. The molecular weight excluding hydrogens is 805 g/mol. The van der Waals surface area contributed by atoms with E-state index in [1.165, 1.54) is 97.4 Å². The van der Waals surface area contributed by atoms with Gasteiger partial charge in [0.2, 0.25) is 0 Å². The lowest BCUT2D eigenvalue weighted by Gasteiger charge is -2.34. The third-order valence-electron chi connectivity index (χ3n) is 14.1. The van der Waals surface area contributed by atoms with Crippen molar-refractivity contribution in [3.05, 3.63) is 253 Å². The van der Waals surface area contributed by atoms with Crippen LogP contribution in [-0.2, 0) is 5.41 Å². The molecule has 3 heterocycles. The average molecular weight is 843 g/mol. The van der Waals surface area contributed by atoms with E-state index < -0.39 is 5.41 Å². The zero-order valence-electron chi connectivity index (χ0n) is 35.2. The lowest BCUT2D eigenvalue weighted by Crippen LogP contribution is -2.28. The molecule has 302 valence electrons. The quantitative estimate of drug-likeness (QED) is 0.169. The van der Waals surface area contributed by atoms with Crippen molar-refractivity contribution in [2.45, 2.75) is 5.41 Å². The van der Waals surface area contributed by atoms with Crippen LogP contribution in [0.25, 0.3) is 103 Å². The molecule has 3 aromatic heterocycles. The summed E-state index contributed by atoms with van der Waals surface area (Å²) in [6.07, 6.45) is 0. The molecule has 0 amide bonds. The van der Waals surface area contributed by atoms with Gasteiger partial charge in [-0.05, 0) is 89.5 Å². The van der Waals surface area contributed by atoms with Gasteiger partial charge in [0.1, 0.15) is 0 Å². The molecule has 0 saturated heterocycles. The highest BCUT2D eigenvalue weighted by Crippen LogP contribution is 2.58. The summed E-state index contributed by atoms with van der Waals surface area (Å²) in [4.78, 5) is 5.48. The Balaban J connectivity index is 0.892. The molecule has 0 unspecified atom stereocenters. The fourth-order valence-electron chi connectivity index (χ4n) is 11.2. The molecule has 0 atom stereocenters. The maximum atomic E-state index is 5.48. The summed E-state index contributed by atoms with van der Waals surface area (Å²) in [6, 6.07) is 85.0. The maximum absolute atomic E-state index is 5.48. The number of aromatic nitrogens is 2. The largest absolute Gasteiger partial charge is 0.291 e. The normalized spacial score (nSPS) is 13.0. The second-order valence-electron chi connectivity index (χ2n) is 17.4. The van der Waals surface area contributed by atoms with Gasteiger partial charge in [0, 0.05) is 20.9 Å². The Morgan fingerprint density at radius 3 is 1.69 bits per heavy atom. The van der Waals surface area contributed by atoms with E-state index in [4.69, 9.17) is 4.98 Å². The van der Waals surface area contributed by atoms with Crippen LogP contribution in [0.3, 0.4) is 0 Å². The molecule has 14 rings (SSSR count). The van der Waals surface area contributed by atoms with Crippen molar-refractivity contribution < 1.29 is 0 Å². The van der Waals surface area contributed by atoms with Crippen molar-refractivity contribution in [1.29, 1.82) is 0 Å². The van der Waals surface area contributed by atoms with Crippen molar-refractivity contribution in [2.75, 3.05) is 0 Å². The molecule has 10 aromatic carbocycles. The Morgan fingerprint density at radius 2 is 0.954 bits per heavy atom. The van der Waals surface area contributed by atoms with E-state index in [1.54, 1.807) is 0 Å². The van der Waals surface area contributed by atoms with Gasteiger partial charge in [0.15, 0.2) is 5.65 Å². The third kappa shape index (κ3) is 5.19. The van der Waals surface area contributed by atoms with Crippen LogP contribution in [0.1, 0.15) is 22.3 Å². The summed E-state index contributed by atoms with van der Waals surface area (Å²) in [6.45, 7) is 0. The Bertz CT molecular complexity index is 3990. The SMILES string of the molecule is c1ccc(C2(c3ccccc3)c3ccccc3-c3c(-c4ccc(-c5ccc(-c6cc7c8ccc9ccccc9c8sc7c7nc8c9ccccc9ccc8n67)cc5)cc4)cccc32)cc1. The standard InChI is InChI=1S/C62H38N2S/c1-3-16-45(17-4-1)62(46-18-5-2-6-19-46)53-24-12-11-22-51(53)57-47(23-13-25-54(57)62)43-30-26-39(27-31-43)40-28-32-44(33-29-40)56-38-52-50-36-34-42-15-8-10-21-49(42)59(50)65-60(52)61-63-58-48-20-9-7-14-41(48)35-37-55(58)64(56)61/h1-38H. The molecule has 0 fully saturated rings. The Labute approximate surface area is 380 Å². The Hall–Kier alpha value is -8.11. The van der Waals surface area contributed by atoms with Crippen LogP contribution in [0, 0.1) is 0 Å². The van der Waals surface area contributed by atoms with E-state index in [1.807, 2.05) is 11.3 Å². The topological polar surface area (TPSA) is 17.3 Å². The van der Waals surface area contributed by atoms with Gasteiger partial charge in [-0.1, -0.05) is 218 Å². The number of thiophene rings is 1. The Kier molecular flexibility index (Phi) is 7.80. The van der Waals surface area contributed by atoms with Gasteiger partial charge < -0.3 is 0 Å². The molecule has 0 radical (unpaired) electrons. The van der Waals surface area contributed by atoms with Gasteiger partial charge >= 0.3 is 0 Å². The molecule has 1 aliphatic carbocycles. The molecule has 65 heavy (non-hydrogen) atoms. The molecule has 0 N–H and O–H groups in total. The lowest BCUT2D eigenvalue weighted by molar-refractivity contribution is 0.768. The summed E-state index contributed by atoms with van der Waals surface area (Å²) < 4.78 is 4.92. The van der Waals surface area contributed by atoms with Crippen LogP contribution in [0.2, 0.25) is 0 Å². The molecule has 3 heteroatoms. The van der Waals surface area contributed by atoms with Crippen molar-refractivity contribution >= 4 is 69.7 Å². The predicted molar refractivity (Wildman–Crippen MR) is 274 cm³/mol. The second kappa shape index (κ2) is 13.9. The minimum atomic E-state index is -0.427.